The third-order valence-corrected chi connectivity index (χ3v) is 4.38. The lowest BCUT2D eigenvalue weighted by molar-refractivity contribution is -0.133. The van der Waals surface area contributed by atoms with E-state index in [0.29, 0.717) is 22.0 Å². The Kier molecular flexibility index (Phi) is 4.28. The van der Waals surface area contributed by atoms with Gasteiger partial charge in [0.1, 0.15) is 0 Å². The number of nitrogens with zero attached hydrogens (tertiary/aromatic N) is 1. The van der Waals surface area contributed by atoms with Gasteiger partial charge >= 0.3 is 11.9 Å². The molecular formula is C16H16ClNO4. The standard InChI is InChI=1S/C16H16ClNO4/c1-8-12(15(19)20)14(10-6-4-5-7-11(10)17)13(16(21)22)9(2)18(8)3/h4-7,14H,1-3H3,(H,19,20)(H,21,22). The summed E-state index contributed by atoms with van der Waals surface area (Å²) in [6.45, 7) is 3.32. The van der Waals surface area contributed by atoms with Crippen LogP contribution in [0.3, 0.4) is 0 Å². The Labute approximate surface area is 133 Å². The van der Waals surface area contributed by atoms with Gasteiger partial charge in [0, 0.05) is 23.5 Å². The normalized spacial score (nSPS) is 16.3. The van der Waals surface area contributed by atoms with Crippen molar-refractivity contribution in [2.45, 2.75) is 19.8 Å². The number of rotatable bonds is 3. The Balaban J connectivity index is 2.81. The first-order valence-corrected chi connectivity index (χ1v) is 7.01. The summed E-state index contributed by atoms with van der Waals surface area (Å²) in [5.41, 5.74) is 1.53. The molecule has 22 heavy (non-hydrogen) atoms. The van der Waals surface area contributed by atoms with Crippen LogP contribution in [0.5, 0.6) is 0 Å². The van der Waals surface area contributed by atoms with Crippen LogP contribution in [-0.4, -0.2) is 34.1 Å². The summed E-state index contributed by atoms with van der Waals surface area (Å²) in [4.78, 5) is 25.1. The highest BCUT2D eigenvalue weighted by atomic mass is 35.5. The van der Waals surface area contributed by atoms with Crippen LogP contribution in [0, 0.1) is 0 Å². The molecule has 0 unspecified atom stereocenters. The van der Waals surface area contributed by atoms with Crippen molar-refractivity contribution < 1.29 is 19.8 Å². The number of hydrogen-bond donors (Lipinski definition) is 2. The smallest absolute Gasteiger partial charge is 0.334 e. The molecule has 116 valence electrons. The Morgan fingerprint density at radius 3 is 1.91 bits per heavy atom. The first-order valence-electron chi connectivity index (χ1n) is 6.63. The quantitative estimate of drug-likeness (QED) is 0.894. The number of carbonyl (C=O) groups is 2. The van der Waals surface area contributed by atoms with Crippen LogP contribution in [0.25, 0.3) is 0 Å². The number of aliphatic carboxylic acids is 2. The van der Waals surface area contributed by atoms with Gasteiger partial charge in [0.25, 0.3) is 0 Å². The molecule has 1 heterocycles. The van der Waals surface area contributed by atoms with Gasteiger partial charge in [-0.05, 0) is 25.5 Å². The number of benzene rings is 1. The van der Waals surface area contributed by atoms with E-state index in [9.17, 15) is 19.8 Å². The average molecular weight is 322 g/mol. The first kappa shape index (κ1) is 16.1. The maximum absolute atomic E-state index is 11.7. The van der Waals surface area contributed by atoms with Crippen LogP contribution in [0.15, 0.2) is 46.8 Å². The molecule has 1 aromatic rings. The molecule has 5 nitrogen and oxygen atoms in total. The van der Waals surface area contributed by atoms with Crippen LogP contribution < -0.4 is 0 Å². The van der Waals surface area contributed by atoms with Crippen LogP contribution in [0.1, 0.15) is 25.3 Å². The van der Waals surface area contributed by atoms with E-state index in [4.69, 9.17) is 11.6 Å². The fourth-order valence-electron chi connectivity index (χ4n) is 2.75. The number of carboxylic acids is 2. The molecule has 0 amide bonds. The summed E-state index contributed by atoms with van der Waals surface area (Å²) in [5, 5.41) is 19.5. The van der Waals surface area contributed by atoms with Gasteiger partial charge in [-0.3, -0.25) is 0 Å². The molecule has 0 fully saturated rings. The Morgan fingerprint density at radius 2 is 1.50 bits per heavy atom. The second-order valence-electron chi connectivity index (χ2n) is 5.12. The van der Waals surface area contributed by atoms with E-state index in [2.05, 4.69) is 0 Å². The van der Waals surface area contributed by atoms with E-state index in [1.807, 2.05) is 0 Å². The predicted octanol–water partition coefficient (Wildman–Crippen LogP) is 3.09. The van der Waals surface area contributed by atoms with E-state index in [1.165, 1.54) is 0 Å². The highest BCUT2D eigenvalue weighted by Gasteiger charge is 2.39. The van der Waals surface area contributed by atoms with E-state index < -0.39 is 17.9 Å². The fraction of sp³-hybridized carbons (Fsp3) is 0.250. The molecule has 6 heteroatoms. The van der Waals surface area contributed by atoms with Crippen molar-refractivity contribution in [3.05, 3.63) is 57.4 Å². The number of hydrogen-bond acceptors (Lipinski definition) is 3. The zero-order valence-corrected chi connectivity index (χ0v) is 13.2. The number of allylic oxidation sites excluding steroid dienone is 2. The van der Waals surface area contributed by atoms with Crippen molar-refractivity contribution in [3.63, 3.8) is 0 Å². The van der Waals surface area contributed by atoms with Crippen LogP contribution in [0.4, 0.5) is 0 Å². The van der Waals surface area contributed by atoms with Crippen molar-refractivity contribution in [3.8, 4) is 0 Å². The maximum Gasteiger partial charge on any atom is 0.334 e. The van der Waals surface area contributed by atoms with Crippen molar-refractivity contribution in [1.82, 2.24) is 4.90 Å². The van der Waals surface area contributed by atoms with Gasteiger partial charge in [0.05, 0.1) is 17.1 Å². The van der Waals surface area contributed by atoms with Crippen molar-refractivity contribution in [2.75, 3.05) is 7.05 Å². The zero-order chi connectivity index (χ0) is 16.6. The summed E-state index contributed by atoms with van der Waals surface area (Å²) in [6.07, 6.45) is 0. The highest BCUT2D eigenvalue weighted by molar-refractivity contribution is 6.31. The first-order chi connectivity index (χ1) is 10.3. The second-order valence-corrected chi connectivity index (χ2v) is 5.53. The van der Waals surface area contributed by atoms with Crippen molar-refractivity contribution >= 4 is 23.5 Å². The summed E-state index contributed by atoms with van der Waals surface area (Å²) in [7, 11) is 1.65. The van der Waals surface area contributed by atoms with Crippen molar-refractivity contribution in [1.29, 1.82) is 0 Å². The topological polar surface area (TPSA) is 77.8 Å². The largest absolute Gasteiger partial charge is 0.478 e. The summed E-state index contributed by atoms with van der Waals surface area (Å²) < 4.78 is 0. The maximum atomic E-state index is 11.7. The van der Waals surface area contributed by atoms with Gasteiger partial charge in [0.15, 0.2) is 0 Å². The van der Waals surface area contributed by atoms with Gasteiger partial charge in [-0.2, -0.15) is 0 Å². The molecule has 1 aliphatic heterocycles. The molecular weight excluding hydrogens is 306 g/mol. The molecule has 0 aromatic heterocycles. The molecule has 2 rings (SSSR count). The number of carboxylic acid groups (broad SMARTS) is 2. The average Bonchev–Trinajstić information content (AvgIpc) is 2.44. The van der Waals surface area contributed by atoms with Crippen LogP contribution in [-0.2, 0) is 9.59 Å². The fourth-order valence-corrected chi connectivity index (χ4v) is 3.00. The molecule has 0 aliphatic carbocycles. The van der Waals surface area contributed by atoms with E-state index in [0.717, 1.165) is 0 Å². The Hall–Kier alpha value is -2.27. The SMILES string of the molecule is CC1=C(C(=O)O)C(c2ccccc2Cl)C(C(=O)O)=C(C)N1C. The van der Waals surface area contributed by atoms with Crippen molar-refractivity contribution in [2.24, 2.45) is 0 Å². The molecule has 0 spiro atoms. The lowest BCUT2D eigenvalue weighted by Crippen LogP contribution is -2.32. The summed E-state index contributed by atoms with van der Waals surface area (Å²) >= 11 is 6.18. The molecule has 2 N–H and O–H groups in total. The highest BCUT2D eigenvalue weighted by Crippen LogP contribution is 2.43. The molecule has 0 saturated heterocycles. The van der Waals surface area contributed by atoms with Gasteiger partial charge in [-0.15, -0.1) is 0 Å². The second kappa shape index (κ2) is 5.85. The van der Waals surface area contributed by atoms with E-state index >= 15 is 0 Å². The molecule has 0 atom stereocenters. The van der Waals surface area contributed by atoms with E-state index in [-0.39, 0.29) is 11.1 Å². The van der Waals surface area contributed by atoms with Crippen LogP contribution in [0.2, 0.25) is 5.02 Å². The minimum Gasteiger partial charge on any atom is -0.478 e. The Morgan fingerprint density at radius 1 is 1.05 bits per heavy atom. The lowest BCUT2D eigenvalue weighted by Gasteiger charge is -2.34. The van der Waals surface area contributed by atoms with Gasteiger partial charge in [-0.25, -0.2) is 9.59 Å². The minimum absolute atomic E-state index is 0.0265. The third-order valence-electron chi connectivity index (χ3n) is 4.04. The van der Waals surface area contributed by atoms with E-state index in [1.54, 1.807) is 50.1 Å². The molecule has 0 saturated carbocycles. The minimum atomic E-state index is -1.15. The van der Waals surface area contributed by atoms with Gasteiger partial charge in [0.2, 0.25) is 0 Å². The lowest BCUT2D eigenvalue weighted by atomic mass is 9.80. The van der Waals surface area contributed by atoms with Gasteiger partial charge in [-0.1, -0.05) is 29.8 Å². The molecule has 0 bridgehead atoms. The monoisotopic (exact) mass is 321 g/mol. The van der Waals surface area contributed by atoms with Gasteiger partial charge < -0.3 is 15.1 Å². The number of halogens is 1. The Bertz CT molecular complexity index is 683. The van der Waals surface area contributed by atoms with Crippen LogP contribution >= 0.6 is 11.6 Å². The predicted molar refractivity (Wildman–Crippen MR) is 82.6 cm³/mol. The zero-order valence-electron chi connectivity index (χ0n) is 12.4. The summed E-state index contributed by atoms with van der Waals surface area (Å²) in [6, 6.07) is 6.71. The summed E-state index contributed by atoms with van der Waals surface area (Å²) in [5.74, 6) is -3.21. The molecule has 1 aliphatic rings. The molecule has 1 aromatic carbocycles. The third kappa shape index (κ3) is 2.48. The molecule has 0 radical (unpaired) electrons.